The minimum atomic E-state index is -2.38. The van der Waals surface area contributed by atoms with Crippen molar-refractivity contribution in [2.24, 2.45) is 5.73 Å². The molecule has 0 aliphatic rings. The van der Waals surface area contributed by atoms with Gasteiger partial charge in [-0.05, 0) is 52.0 Å². The molecule has 0 amide bonds. The summed E-state index contributed by atoms with van der Waals surface area (Å²) in [6, 6.07) is 0.843. The van der Waals surface area contributed by atoms with Crippen LogP contribution in [0.4, 0.5) is 0 Å². The smallest absolute Gasteiger partial charge is 0.377 e. The molecule has 0 saturated carbocycles. The van der Waals surface area contributed by atoms with Gasteiger partial charge >= 0.3 is 8.80 Å². The van der Waals surface area contributed by atoms with Crippen LogP contribution < -0.4 is 21.7 Å². The highest BCUT2D eigenvalue weighted by molar-refractivity contribution is 6.60. The summed E-state index contributed by atoms with van der Waals surface area (Å²) in [6.07, 6.45) is 3.17. The van der Waals surface area contributed by atoms with E-state index in [1.165, 1.54) is 0 Å². The zero-order chi connectivity index (χ0) is 16.5. The van der Waals surface area contributed by atoms with Crippen LogP contribution in [0, 0.1) is 0 Å². The molecule has 0 radical (unpaired) electrons. The molecule has 0 atom stereocenters. The Morgan fingerprint density at radius 1 is 0.682 bits per heavy atom. The molecule has 0 aromatic rings. The van der Waals surface area contributed by atoms with E-state index in [1.807, 2.05) is 0 Å². The molecule has 0 aromatic carbocycles. The minimum Gasteiger partial charge on any atom is -0.377 e. The standard InChI is InChI=1S/C14H36N4O3Si/c1-19-22(20-2,21-3)14-6-11-16-9-5-10-18-13-12-17-8-4-7-15/h16-18H,4-15H2,1-3H3. The van der Waals surface area contributed by atoms with Crippen molar-refractivity contribution < 1.29 is 13.3 Å². The van der Waals surface area contributed by atoms with E-state index in [1.54, 1.807) is 21.3 Å². The van der Waals surface area contributed by atoms with Crippen LogP contribution in [0.2, 0.25) is 6.04 Å². The van der Waals surface area contributed by atoms with E-state index in [0.717, 1.165) is 71.1 Å². The summed E-state index contributed by atoms with van der Waals surface area (Å²) >= 11 is 0. The summed E-state index contributed by atoms with van der Waals surface area (Å²) in [7, 11) is 2.58. The molecule has 0 aromatic heterocycles. The lowest BCUT2D eigenvalue weighted by Crippen LogP contribution is -2.43. The Bertz CT molecular complexity index is 226. The SMILES string of the molecule is CO[Si](CCCNCCCNCCNCCCN)(OC)OC. The molecule has 0 aliphatic heterocycles. The fraction of sp³-hybridized carbons (Fsp3) is 1.00. The average molecular weight is 337 g/mol. The van der Waals surface area contributed by atoms with Gasteiger partial charge in [-0.2, -0.15) is 0 Å². The maximum absolute atomic E-state index is 5.43. The molecule has 8 heteroatoms. The van der Waals surface area contributed by atoms with Gasteiger partial charge in [-0.3, -0.25) is 0 Å². The van der Waals surface area contributed by atoms with Crippen LogP contribution >= 0.6 is 0 Å². The van der Waals surface area contributed by atoms with E-state index in [-0.39, 0.29) is 0 Å². The molecule has 134 valence electrons. The third-order valence-corrected chi connectivity index (χ3v) is 6.34. The first-order valence-corrected chi connectivity index (χ1v) is 10.2. The first kappa shape index (κ1) is 21.9. The van der Waals surface area contributed by atoms with Gasteiger partial charge in [0.1, 0.15) is 0 Å². The van der Waals surface area contributed by atoms with Gasteiger partial charge in [0.05, 0.1) is 0 Å². The molecular formula is C14H36N4O3Si. The first-order chi connectivity index (χ1) is 10.7. The monoisotopic (exact) mass is 336 g/mol. The van der Waals surface area contributed by atoms with E-state index >= 15 is 0 Å². The highest BCUT2D eigenvalue weighted by Gasteiger charge is 2.36. The van der Waals surface area contributed by atoms with Crippen molar-refractivity contribution in [2.45, 2.75) is 25.3 Å². The Morgan fingerprint density at radius 3 is 1.64 bits per heavy atom. The molecule has 7 nitrogen and oxygen atoms in total. The maximum atomic E-state index is 5.43. The fourth-order valence-corrected chi connectivity index (χ4v) is 3.83. The summed E-state index contributed by atoms with van der Waals surface area (Å²) in [5.74, 6) is 0. The van der Waals surface area contributed by atoms with E-state index in [2.05, 4.69) is 16.0 Å². The first-order valence-electron chi connectivity index (χ1n) is 8.22. The summed E-state index contributed by atoms with van der Waals surface area (Å²) in [6.45, 7) is 6.81. The lowest BCUT2D eigenvalue weighted by atomic mass is 10.4. The molecule has 0 saturated heterocycles. The van der Waals surface area contributed by atoms with Gasteiger partial charge in [0.25, 0.3) is 0 Å². The van der Waals surface area contributed by atoms with Gasteiger partial charge in [-0.1, -0.05) is 0 Å². The summed E-state index contributed by atoms with van der Waals surface area (Å²) in [4.78, 5) is 0. The Morgan fingerprint density at radius 2 is 1.14 bits per heavy atom. The summed E-state index contributed by atoms with van der Waals surface area (Å²) in [5, 5.41) is 10.2. The number of nitrogens with two attached hydrogens (primary N) is 1. The number of hydrogen-bond acceptors (Lipinski definition) is 7. The van der Waals surface area contributed by atoms with Crippen LogP contribution in [-0.4, -0.2) is 75.9 Å². The molecule has 0 aliphatic carbocycles. The summed E-state index contributed by atoms with van der Waals surface area (Å²) < 4.78 is 16.2. The van der Waals surface area contributed by atoms with Crippen molar-refractivity contribution in [3.05, 3.63) is 0 Å². The lowest BCUT2D eigenvalue weighted by molar-refractivity contribution is 0.123. The van der Waals surface area contributed by atoms with Crippen LogP contribution in [0.25, 0.3) is 0 Å². The number of nitrogens with one attached hydrogen (secondary N) is 3. The Hall–Kier alpha value is -0.0631. The zero-order valence-electron chi connectivity index (χ0n) is 14.6. The maximum Gasteiger partial charge on any atom is 0.500 e. The average Bonchev–Trinajstić information content (AvgIpc) is 2.56. The van der Waals surface area contributed by atoms with Gasteiger partial charge in [0, 0.05) is 40.5 Å². The van der Waals surface area contributed by atoms with Crippen molar-refractivity contribution in [2.75, 3.05) is 67.1 Å². The normalized spacial score (nSPS) is 12.0. The number of hydrogen-bond donors (Lipinski definition) is 4. The minimum absolute atomic E-state index is 0.759. The third kappa shape index (κ3) is 11.5. The molecule has 0 bridgehead atoms. The van der Waals surface area contributed by atoms with Gasteiger partial charge in [-0.25, -0.2) is 0 Å². The van der Waals surface area contributed by atoms with Gasteiger partial charge in [-0.15, -0.1) is 0 Å². The Balaban J connectivity index is 3.27. The molecule has 0 heterocycles. The van der Waals surface area contributed by atoms with Crippen LogP contribution in [0.1, 0.15) is 19.3 Å². The molecule has 0 spiro atoms. The van der Waals surface area contributed by atoms with E-state index < -0.39 is 8.80 Å². The van der Waals surface area contributed by atoms with Crippen molar-refractivity contribution in [1.29, 1.82) is 0 Å². The van der Waals surface area contributed by atoms with E-state index in [4.69, 9.17) is 19.0 Å². The predicted molar refractivity (Wildman–Crippen MR) is 93.1 cm³/mol. The molecule has 0 rings (SSSR count). The van der Waals surface area contributed by atoms with Crippen LogP contribution in [0.15, 0.2) is 0 Å². The zero-order valence-corrected chi connectivity index (χ0v) is 15.6. The van der Waals surface area contributed by atoms with E-state index in [0.29, 0.717) is 0 Å². The lowest BCUT2D eigenvalue weighted by Gasteiger charge is -2.24. The quantitative estimate of drug-likeness (QED) is 0.215. The highest BCUT2D eigenvalue weighted by Crippen LogP contribution is 2.14. The van der Waals surface area contributed by atoms with Crippen LogP contribution in [0.3, 0.4) is 0 Å². The molecule has 5 N–H and O–H groups in total. The molecular weight excluding hydrogens is 300 g/mol. The number of rotatable bonds is 17. The van der Waals surface area contributed by atoms with Crippen molar-refractivity contribution >= 4 is 8.80 Å². The van der Waals surface area contributed by atoms with Crippen LogP contribution in [-0.2, 0) is 13.3 Å². The second-order valence-corrected chi connectivity index (χ2v) is 8.24. The fourth-order valence-electron chi connectivity index (χ4n) is 2.10. The van der Waals surface area contributed by atoms with Crippen molar-refractivity contribution in [1.82, 2.24) is 16.0 Å². The molecule has 0 unspecified atom stereocenters. The van der Waals surface area contributed by atoms with E-state index in [9.17, 15) is 0 Å². The molecule has 22 heavy (non-hydrogen) atoms. The van der Waals surface area contributed by atoms with Crippen molar-refractivity contribution in [3.8, 4) is 0 Å². The Labute approximate surface area is 137 Å². The largest absolute Gasteiger partial charge is 0.500 e. The van der Waals surface area contributed by atoms with Gasteiger partial charge in [0.15, 0.2) is 0 Å². The summed E-state index contributed by atoms with van der Waals surface area (Å²) in [5.41, 5.74) is 5.43. The van der Waals surface area contributed by atoms with Gasteiger partial charge < -0.3 is 35.0 Å². The van der Waals surface area contributed by atoms with Crippen LogP contribution in [0.5, 0.6) is 0 Å². The third-order valence-electron chi connectivity index (χ3n) is 3.51. The predicted octanol–water partition coefficient (Wildman–Crippen LogP) is -0.238. The topological polar surface area (TPSA) is 89.8 Å². The molecule has 0 fully saturated rings. The van der Waals surface area contributed by atoms with Crippen molar-refractivity contribution in [3.63, 3.8) is 0 Å². The second kappa shape index (κ2) is 15.8. The Kier molecular flexibility index (Phi) is 15.8. The second-order valence-electron chi connectivity index (χ2n) is 5.14. The highest BCUT2D eigenvalue weighted by atomic mass is 28.4. The van der Waals surface area contributed by atoms with Gasteiger partial charge in [0.2, 0.25) is 0 Å².